The Labute approximate surface area is 101 Å². The number of hydrogen-bond acceptors (Lipinski definition) is 2. The first-order chi connectivity index (χ1) is 8.42. The normalized spacial score (nSPS) is 28.9. The Morgan fingerprint density at radius 1 is 1.12 bits per heavy atom. The Morgan fingerprint density at radius 3 is 3.06 bits per heavy atom. The highest BCUT2D eigenvalue weighted by Gasteiger charge is 2.33. The number of aryl methyl sites for hydroxylation is 1. The van der Waals surface area contributed by atoms with Crippen LogP contribution < -0.4 is 0 Å². The highest BCUT2D eigenvalue weighted by molar-refractivity contribution is 6.09. The van der Waals surface area contributed by atoms with E-state index in [9.17, 15) is 0 Å². The maximum atomic E-state index is 4.21. The van der Waals surface area contributed by atoms with Gasteiger partial charge < -0.3 is 0 Å². The van der Waals surface area contributed by atoms with Gasteiger partial charge in [-0.25, -0.2) is 0 Å². The summed E-state index contributed by atoms with van der Waals surface area (Å²) in [6.07, 6.45) is 7.82. The van der Waals surface area contributed by atoms with Crippen LogP contribution in [-0.2, 0) is 6.42 Å². The summed E-state index contributed by atoms with van der Waals surface area (Å²) < 4.78 is 0. The van der Waals surface area contributed by atoms with Gasteiger partial charge in [-0.05, 0) is 36.5 Å². The predicted molar refractivity (Wildman–Crippen MR) is 69.6 cm³/mol. The van der Waals surface area contributed by atoms with Gasteiger partial charge in [0, 0.05) is 18.1 Å². The van der Waals surface area contributed by atoms with Gasteiger partial charge in [0.1, 0.15) is 0 Å². The lowest BCUT2D eigenvalue weighted by molar-refractivity contribution is 0.609. The van der Waals surface area contributed by atoms with Crippen molar-refractivity contribution in [3.8, 4) is 0 Å². The Kier molecular flexibility index (Phi) is 1.87. The van der Waals surface area contributed by atoms with Crippen LogP contribution in [0.2, 0.25) is 0 Å². The molecule has 17 heavy (non-hydrogen) atoms. The lowest BCUT2D eigenvalue weighted by atomic mass is 9.71. The molecule has 2 nitrogen and oxygen atoms in total. The molecule has 0 spiro atoms. The second-order valence-electron chi connectivity index (χ2n) is 5.10. The van der Waals surface area contributed by atoms with E-state index in [0.717, 1.165) is 6.42 Å². The van der Waals surface area contributed by atoms with Gasteiger partial charge in [-0.2, -0.15) is 10.2 Å². The summed E-state index contributed by atoms with van der Waals surface area (Å²) >= 11 is 0. The van der Waals surface area contributed by atoms with Gasteiger partial charge in [0.05, 0.1) is 5.71 Å². The van der Waals surface area contributed by atoms with Gasteiger partial charge in [0.15, 0.2) is 0 Å². The zero-order valence-corrected chi connectivity index (χ0v) is 9.63. The topological polar surface area (TPSA) is 24.7 Å². The van der Waals surface area contributed by atoms with Crippen molar-refractivity contribution in [2.24, 2.45) is 16.1 Å². The third kappa shape index (κ3) is 1.33. The molecule has 0 bridgehead atoms. The van der Waals surface area contributed by atoms with E-state index in [4.69, 9.17) is 0 Å². The quantitative estimate of drug-likeness (QED) is 0.644. The number of hydrogen-bond donors (Lipinski definition) is 0. The minimum atomic E-state index is 0.454. The molecule has 0 radical (unpaired) electrons. The SMILES string of the molecule is C1=NN=C2C=C3CCc4ccccc4[C@@H]3C[C@H]12. The van der Waals surface area contributed by atoms with E-state index >= 15 is 0 Å². The smallest absolute Gasteiger partial charge is 0.0715 e. The molecule has 1 aromatic carbocycles. The molecule has 2 aliphatic carbocycles. The van der Waals surface area contributed by atoms with Crippen LogP contribution in [0.25, 0.3) is 0 Å². The zero-order valence-electron chi connectivity index (χ0n) is 9.63. The van der Waals surface area contributed by atoms with Crippen molar-refractivity contribution in [3.05, 3.63) is 47.0 Å². The summed E-state index contributed by atoms with van der Waals surface area (Å²) in [6.45, 7) is 0. The fraction of sp³-hybridized carbons (Fsp3) is 0.333. The Balaban J connectivity index is 1.83. The fourth-order valence-corrected chi connectivity index (χ4v) is 3.30. The molecule has 0 fully saturated rings. The standard InChI is InChI=1S/C15H14N2/c1-2-4-13-10(3-1)5-6-11-8-15-12(7-14(11)13)9-16-17-15/h1-4,8-9,12,14H,5-7H2/t12-,14-/m1/s1. The van der Waals surface area contributed by atoms with Gasteiger partial charge in [0.2, 0.25) is 0 Å². The number of fused-ring (bicyclic) bond motifs is 4. The molecule has 0 saturated carbocycles. The van der Waals surface area contributed by atoms with Crippen molar-refractivity contribution in [1.29, 1.82) is 0 Å². The molecular formula is C15H14N2. The summed E-state index contributed by atoms with van der Waals surface area (Å²) in [5.74, 6) is 1.06. The van der Waals surface area contributed by atoms with Gasteiger partial charge in [0.25, 0.3) is 0 Å². The number of allylic oxidation sites excluding steroid dienone is 2. The lowest BCUT2D eigenvalue weighted by Crippen LogP contribution is -2.25. The molecule has 1 aromatic rings. The molecule has 2 atom stereocenters. The van der Waals surface area contributed by atoms with E-state index in [1.807, 2.05) is 6.21 Å². The van der Waals surface area contributed by atoms with Gasteiger partial charge in [-0.1, -0.05) is 29.8 Å². The van der Waals surface area contributed by atoms with Crippen molar-refractivity contribution < 1.29 is 0 Å². The first kappa shape index (κ1) is 9.34. The van der Waals surface area contributed by atoms with E-state index in [0.29, 0.717) is 11.8 Å². The van der Waals surface area contributed by atoms with Crippen molar-refractivity contribution >= 4 is 11.9 Å². The minimum absolute atomic E-state index is 0.454. The molecule has 1 aliphatic heterocycles. The first-order valence-corrected chi connectivity index (χ1v) is 6.31. The lowest BCUT2D eigenvalue weighted by Gasteiger charge is -2.33. The van der Waals surface area contributed by atoms with Crippen LogP contribution in [0.15, 0.2) is 46.1 Å². The zero-order chi connectivity index (χ0) is 11.2. The molecule has 0 aromatic heterocycles. The van der Waals surface area contributed by atoms with E-state index < -0.39 is 0 Å². The second kappa shape index (κ2) is 3.39. The molecule has 0 unspecified atom stereocenters. The van der Waals surface area contributed by atoms with Crippen molar-refractivity contribution in [3.63, 3.8) is 0 Å². The molecular weight excluding hydrogens is 208 g/mol. The molecule has 1 heterocycles. The average Bonchev–Trinajstić information content (AvgIpc) is 2.83. The van der Waals surface area contributed by atoms with E-state index in [1.54, 1.807) is 5.57 Å². The van der Waals surface area contributed by atoms with Crippen molar-refractivity contribution in [1.82, 2.24) is 0 Å². The third-order valence-electron chi connectivity index (χ3n) is 4.18. The summed E-state index contributed by atoms with van der Waals surface area (Å²) in [5, 5.41) is 8.27. The highest BCUT2D eigenvalue weighted by atomic mass is 15.2. The second-order valence-corrected chi connectivity index (χ2v) is 5.10. The van der Waals surface area contributed by atoms with Crippen molar-refractivity contribution in [2.75, 3.05) is 0 Å². The predicted octanol–water partition coefficient (Wildman–Crippen LogP) is 3.10. The van der Waals surface area contributed by atoms with Crippen LogP contribution in [0.3, 0.4) is 0 Å². The molecule has 3 aliphatic rings. The maximum absolute atomic E-state index is 4.21. The molecule has 2 heteroatoms. The minimum Gasteiger partial charge on any atom is -0.163 e. The number of rotatable bonds is 0. The Bertz CT molecular complexity index is 566. The van der Waals surface area contributed by atoms with Crippen LogP contribution in [0.4, 0.5) is 0 Å². The number of nitrogens with zero attached hydrogens (tertiary/aromatic N) is 2. The van der Waals surface area contributed by atoms with E-state index in [2.05, 4.69) is 40.5 Å². The fourth-order valence-electron chi connectivity index (χ4n) is 3.30. The largest absolute Gasteiger partial charge is 0.163 e. The molecule has 0 amide bonds. The third-order valence-corrected chi connectivity index (χ3v) is 4.18. The molecule has 84 valence electrons. The highest BCUT2D eigenvalue weighted by Crippen LogP contribution is 2.43. The number of benzene rings is 1. The van der Waals surface area contributed by atoms with Crippen LogP contribution in [-0.4, -0.2) is 11.9 Å². The molecule has 0 N–H and O–H groups in total. The summed E-state index contributed by atoms with van der Waals surface area (Å²) in [7, 11) is 0. The van der Waals surface area contributed by atoms with Crippen LogP contribution >= 0.6 is 0 Å². The van der Waals surface area contributed by atoms with Crippen molar-refractivity contribution in [2.45, 2.75) is 25.2 Å². The average molecular weight is 222 g/mol. The monoisotopic (exact) mass is 222 g/mol. The Morgan fingerprint density at radius 2 is 2.06 bits per heavy atom. The molecule has 4 rings (SSSR count). The van der Waals surface area contributed by atoms with E-state index in [-0.39, 0.29) is 0 Å². The summed E-state index contributed by atoms with van der Waals surface area (Å²) in [5.41, 5.74) is 5.80. The van der Waals surface area contributed by atoms with Crippen LogP contribution in [0.1, 0.15) is 29.9 Å². The van der Waals surface area contributed by atoms with Crippen LogP contribution in [0.5, 0.6) is 0 Å². The van der Waals surface area contributed by atoms with Crippen LogP contribution in [0, 0.1) is 5.92 Å². The maximum Gasteiger partial charge on any atom is 0.0715 e. The van der Waals surface area contributed by atoms with E-state index in [1.165, 1.54) is 29.7 Å². The van der Waals surface area contributed by atoms with Gasteiger partial charge >= 0.3 is 0 Å². The Hall–Kier alpha value is -1.70. The van der Waals surface area contributed by atoms with Gasteiger partial charge in [-0.15, -0.1) is 0 Å². The van der Waals surface area contributed by atoms with Gasteiger partial charge in [-0.3, -0.25) is 0 Å². The summed E-state index contributed by atoms with van der Waals surface area (Å²) in [4.78, 5) is 0. The first-order valence-electron chi connectivity index (χ1n) is 6.31. The summed E-state index contributed by atoms with van der Waals surface area (Å²) in [6, 6.07) is 8.88. The molecule has 0 saturated heterocycles.